The smallest absolute Gasteiger partial charge is 0.259 e. The molecular formula is C16H13NO3. The minimum absolute atomic E-state index is 0.346. The normalized spacial score (nSPS) is 13.0. The summed E-state index contributed by atoms with van der Waals surface area (Å²) in [5.74, 6) is -0.108. The molecule has 0 aliphatic carbocycles. The number of hydrogen-bond donors (Lipinski definition) is 1. The van der Waals surface area contributed by atoms with E-state index in [9.17, 15) is 9.59 Å². The first-order valence-electron chi connectivity index (χ1n) is 6.40. The number of carbonyl (C=O) groups excluding carboxylic acids is 2. The van der Waals surface area contributed by atoms with E-state index in [0.717, 1.165) is 6.42 Å². The lowest BCUT2D eigenvalue weighted by atomic mass is 10.1. The summed E-state index contributed by atoms with van der Waals surface area (Å²) in [4.78, 5) is 22.9. The van der Waals surface area contributed by atoms with Gasteiger partial charge in [0.05, 0.1) is 17.7 Å². The van der Waals surface area contributed by atoms with Gasteiger partial charge in [0.15, 0.2) is 0 Å². The molecule has 4 heteroatoms. The lowest BCUT2D eigenvalue weighted by Crippen LogP contribution is -2.19. The van der Waals surface area contributed by atoms with Crippen LogP contribution in [0.3, 0.4) is 0 Å². The fourth-order valence-electron chi connectivity index (χ4n) is 2.17. The Balaban J connectivity index is 1.66. The lowest BCUT2D eigenvalue weighted by molar-refractivity contribution is 0.0879. The van der Waals surface area contributed by atoms with Crippen LogP contribution in [0.4, 0.5) is 0 Å². The number of benzene rings is 2. The zero-order valence-corrected chi connectivity index (χ0v) is 10.8. The Labute approximate surface area is 116 Å². The highest BCUT2D eigenvalue weighted by atomic mass is 16.5. The van der Waals surface area contributed by atoms with E-state index in [0.29, 0.717) is 23.5 Å². The topological polar surface area (TPSA) is 55.4 Å². The van der Waals surface area contributed by atoms with Gasteiger partial charge in [0.2, 0.25) is 0 Å². The summed E-state index contributed by atoms with van der Waals surface area (Å²) < 4.78 is 5.63. The molecule has 0 saturated carbocycles. The standard InChI is InChI=1S/C16H13NO3/c18-15-13-7-6-12(10-14(13)16(19)17-15)20-9-8-11-4-2-1-3-5-11/h1-7,10H,8-9H2,(H,17,18,19). The molecule has 0 aromatic heterocycles. The van der Waals surface area contributed by atoms with E-state index in [2.05, 4.69) is 5.32 Å². The maximum absolute atomic E-state index is 11.5. The zero-order chi connectivity index (χ0) is 13.9. The second kappa shape index (κ2) is 5.17. The number of carbonyl (C=O) groups is 2. The number of ether oxygens (including phenoxy) is 1. The molecule has 4 nitrogen and oxygen atoms in total. The van der Waals surface area contributed by atoms with E-state index in [1.54, 1.807) is 18.2 Å². The van der Waals surface area contributed by atoms with E-state index >= 15 is 0 Å². The Morgan fingerprint density at radius 3 is 2.45 bits per heavy atom. The molecule has 0 radical (unpaired) electrons. The summed E-state index contributed by atoms with van der Waals surface area (Å²) in [7, 11) is 0. The van der Waals surface area contributed by atoms with E-state index < -0.39 is 0 Å². The van der Waals surface area contributed by atoms with Crippen LogP contribution in [0.25, 0.3) is 0 Å². The molecule has 0 spiro atoms. The molecule has 0 saturated heterocycles. The SMILES string of the molecule is O=C1NC(=O)c2cc(OCCc3ccccc3)ccc21. The van der Waals surface area contributed by atoms with Crippen molar-refractivity contribution in [2.75, 3.05) is 6.61 Å². The van der Waals surface area contributed by atoms with Crippen molar-refractivity contribution in [3.05, 3.63) is 65.2 Å². The van der Waals surface area contributed by atoms with E-state index in [4.69, 9.17) is 4.74 Å². The zero-order valence-electron chi connectivity index (χ0n) is 10.8. The summed E-state index contributed by atoms with van der Waals surface area (Å²) in [6, 6.07) is 15.0. The van der Waals surface area contributed by atoms with Crippen molar-refractivity contribution in [2.45, 2.75) is 6.42 Å². The van der Waals surface area contributed by atoms with Gasteiger partial charge in [-0.2, -0.15) is 0 Å². The highest BCUT2D eigenvalue weighted by Gasteiger charge is 2.26. The Kier molecular flexibility index (Phi) is 3.21. The number of fused-ring (bicyclic) bond motifs is 1. The van der Waals surface area contributed by atoms with Crippen LogP contribution >= 0.6 is 0 Å². The second-order valence-electron chi connectivity index (χ2n) is 4.57. The van der Waals surface area contributed by atoms with Gasteiger partial charge < -0.3 is 4.74 Å². The monoisotopic (exact) mass is 267 g/mol. The van der Waals surface area contributed by atoms with Gasteiger partial charge in [-0.1, -0.05) is 30.3 Å². The van der Waals surface area contributed by atoms with Crippen molar-refractivity contribution < 1.29 is 14.3 Å². The highest BCUT2D eigenvalue weighted by Crippen LogP contribution is 2.21. The van der Waals surface area contributed by atoms with Crippen LogP contribution in [0.5, 0.6) is 5.75 Å². The third-order valence-corrected chi connectivity index (χ3v) is 3.21. The first-order chi connectivity index (χ1) is 9.74. The molecule has 1 aliphatic heterocycles. The molecule has 2 amide bonds. The quantitative estimate of drug-likeness (QED) is 0.864. The van der Waals surface area contributed by atoms with Crippen molar-refractivity contribution >= 4 is 11.8 Å². The molecule has 1 aliphatic rings. The van der Waals surface area contributed by atoms with Crippen molar-refractivity contribution in [3.63, 3.8) is 0 Å². The van der Waals surface area contributed by atoms with Crippen LogP contribution < -0.4 is 10.1 Å². The number of nitrogens with one attached hydrogen (secondary N) is 1. The van der Waals surface area contributed by atoms with Crippen LogP contribution in [-0.4, -0.2) is 18.4 Å². The molecular weight excluding hydrogens is 254 g/mol. The molecule has 0 fully saturated rings. The van der Waals surface area contributed by atoms with Crippen molar-refractivity contribution in [2.24, 2.45) is 0 Å². The largest absolute Gasteiger partial charge is 0.493 e. The predicted octanol–water partition coefficient (Wildman–Crippen LogP) is 2.19. The van der Waals surface area contributed by atoms with Gasteiger partial charge in [-0.3, -0.25) is 14.9 Å². The molecule has 0 bridgehead atoms. The predicted molar refractivity (Wildman–Crippen MR) is 73.9 cm³/mol. The van der Waals surface area contributed by atoms with Crippen LogP contribution in [0.15, 0.2) is 48.5 Å². The first kappa shape index (κ1) is 12.4. The van der Waals surface area contributed by atoms with Gasteiger partial charge in [0.1, 0.15) is 5.75 Å². The van der Waals surface area contributed by atoms with Crippen molar-refractivity contribution in [3.8, 4) is 5.75 Å². The first-order valence-corrected chi connectivity index (χ1v) is 6.40. The molecule has 100 valence electrons. The third-order valence-electron chi connectivity index (χ3n) is 3.21. The van der Waals surface area contributed by atoms with Crippen LogP contribution in [0.1, 0.15) is 26.3 Å². The minimum atomic E-state index is -0.362. The van der Waals surface area contributed by atoms with Gasteiger partial charge in [-0.15, -0.1) is 0 Å². The average Bonchev–Trinajstić information content (AvgIpc) is 2.75. The maximum atomic E-state index is 11.5. The molecule has 0 unspecified atom stereocenters. The molecule has 1 heterocycles. The lowest BCUT2D eigenvalue weighted by Gasteiger charge is -2.07. The Morgan fingerprint density at radius 1 is 0.900 bits per heavy atom. The summed E-state index contributed by atoms with van der Waals surface area (Å²) in [6.07, 6.45) is 0.795. The molecule has 3 rings (SSSR count). The average molecular weight is 267 g/mol. The van der Waals surface area contributed by atoms with E-state index in [1.807, 2.05) is 30.3 Å². The van der Waals surface area contributed by atoms with Crippen molar-refractivity contribution in [1.82, 2.24) is 5.32 Å². The fraction of sp³-hybridized carbons (Fsp3) is 0.125. The second-order valence-corrected chi connectivity index (χ2v) is 4.57. The molecule has 1 N–H and O–H groups in total. The van der Waals surface area contributed by atoms with Gasteiger partial charge in [-0.25, -0.2) is 0 Å². The summed E-state index contributed by atoms with van der Waals surface area (Å²) in [6.45, 7) is 0.526. The summed E-state index contributed by atoms with van der Waals surface area (Å²) >= 11 is 0. The van der Waals surface area contributed by atoms with Gasteiger partial charge in [0.25, 0.3) is 11.8 Å². The minimum Gasteiger partial charge on any atom is -0.493 e. The van der Waals surface area contributed by atoms with Crippen molar-refractivity contribution in [1.29, 1.82) is 0 Å². The van der Waals surface area contributed by atoms with E-state index in [1.165, 1.54) is 5.56 Å². The maximum Gasteiger partial charge on any atom is 0.259 e. The summed E-state index contributed by atoms with van der Waals surface area (Å²) in [5, 5.41) is 2.26. The number of amides is 2. The Morgan fingerprint density at radius 2 is 1.65 bits per heavy atom. The third kappa shape index (κ3) is 2.40. The number of imide groups is 1. The summed E-state index contributed by atoms with van der Waals surface area (Å²) in [5.41, 5.74) is 1.99. The number of rotatable bonds is 4. The highest BCUT2D eigenvalue weighted by molar-refractivity contribution is 6.21. The Bertz CT molecular complexity index is 665. The Hall–Kier alpha value is -2.62. The van der Waals surface area contributed by atoms with Crippen LogP contribution in [0.2, 0.25) is 0 Å². The van der Waals surface area contributed by atoms with Gasteiger partial charge in [-0.05, 0) is 23.8 Å². The fourth-order valence-corrected chi connectivity index (χ4v) is 2.17. The van der Waals surface area contributed by atoms with E-state index in [-0.39, 0.29) is 11.8 Å². The molecule has 2 aromatic rings. The van der Waals surface area contributed by atoms with Gasteiger partial charge >= 0.3 is 0 Å². The van der Waals surface area contributed by atoms with Gasteiger partial charge in [0, 0.05) is 6.42 Å². The molecule has 20 heavy (non-hydrogen) atoms. The molecule has 2 aromatic carbocycles. The number of hydrogen-bond acceptors (Lipinski definition) is 3. The molecule has 0 atom stereocenters. The van der Waals surface area contributed by atoms with Crippen LogP contribution in [-0.2, 0) is 6.42 Å². The van der Waals surface area contributed by atoms with Crippen LogP contribution in [0, 0.1) is 0 Å².